The van der Waals surface area contributed by atoms with Gasteiger partial charge in [0.1, 0.15) is 11.5 Å². The molecule has 1 heterocycles. The third-order valence-corrected chi connectivity index (χ3v) is 6.00. The number of nitrogens with one attached hydrogen (secondary N) is 2. The molecule has 0 unspecified atom stereocenters. The van der Waals surface area contributed by atoms with Crippen LogP contribution in [0.5, 0.6) is 23.0 Å². The van der Waals surface area contributed by atoms with Gasteiger partial charge in [-0.1, -0.05) is 12.1 Å². The Labute approximate surface area is 221 Å². The maximum atomic E-state index is 12.8. The Balaban J connectivity index is 1.36. The zero-order valence-electron chi connectivity index (χ0n) is 20.8. The third-order valence-electron chi connectivity index (χ3n) is 6.00. The molecule has 0 aliphatic carbocycles. The van der Waals surface area contributed by atoms with Gasteiger partial charge in [0.2, 0.25) is 0 Å². The van der Waals surface area contributed by atoms with Crippen LogP contribution in [0.1, 0.15) is 5.56 Å². The van der Waals surface area contributed by atoms with Crippen molar-refractivity contribution in [1.82, 2.24) is 4.98 Å². The Morgan fingerprint density at radius 2 is 1.54 bits per heavy atom. The molecule has 0 atom stereocenters. The number of benzene rings is 4. The second kappa shape index (κ2) is 10.4. The van der Waals surface area contributed by atoms with E-state index >= 15 is 0 Å². The van der Waals surface area contributed by atoms with Crippen LogP contribution in [0.2, 0.25) is 0 Å². The fourth-order valence-electron chi connectivity index (χ4n) is 4.12. The summed E-state index contributed by atoms with van der Waals surface area (Å²) >= 11 is 0. The molecule has 0 fully saturated rings. The normalized spacial score (nSPS) is 11.3. The van der Waals surface area contributed by atoms with Crippen molar-refractivity contribution in [1.29, 1.82) is 0 Å². The van der Waals surface area contributed by atoms with Crippen LogP contribution in [-0.4, -0.2) is 25.2 Å². The highest BCUT2D eigenvalue weighted by Gasteiger charge is 2.30. The van der Waals surface area contributed by atoms with Crippen molar-refractivity contribution in [2.45, 2.75) is 6.18 Å². The summed E-state index contributed by atoms with van der Waals surface area (Å²) in [6.45, 7) is 0. The van der Waals surface area contributed by atoms with E-state index in [-0.39, 0.29) is 5.69 Å². The average Bonchev–Trinajstić information content (AvgIpc) is 2.92. The van der Waals surface area contributed by atoms with Gasteiger partial charge in [-0.25, -0.2) is 4.79 Å². The predicted octanol–water partition coefficient (Wildman–Crippen LogP) is 7.86. The number of ether oxygens (including phenoxy) is 3. The minimum atomic E-state index is -4.45. The van der Waals surface area contributed by atoms with Gasteiger partial charge >= 0.3 is 12.2 Å². The lowest BCUT2D eigenvalue weighted by molar-refractivity contribution is -0.137. The molecule has 198 valence electrons. The number of carbonyl (C=O) groups excluding carboxylic acids is 1. The van der Waals surface area contributed by atoms with Crippen molar-refractivity contribution in [2.24, 2.45) is 0 Å². The fourth-order valence-corrected chi connectivity index (χ4v) is 4.12. The number of anilines is 2. The van der Waals surface area contributed by atoms with Gasteiger partial charge in [0.05, 0.1) is 31.0 Å². The summed E-state index contributed by atoms with van der Waals surface area (Å²) in [4.78, 5) is 16.9. The molecule has 1 aromatic heterocycles. The lowest BCUT2D eigenvalue weighted by Gasteiger charge is -2.14. The summed E-state index contributed by atoms with van der Waals surface area (Å²) in [7, 11) is 3.11. The number of fused-ring (bicyclic) bond motifs is 2. The van der Waals surface area contributed by atoms with Crippen LogP contribution < -0.4 is 24.8 Å². The first-order valence-corrected chi connectivity index (χ1v) is 11.7. The average molecular weight is 534 g/mol. The van der Waals surface area contributed by atoms with Crippen LogP contribution in [-0.2, 0) is 6.18 Å². The summed E-state index contributed by atoms with van der Waals surface area (Å²) in [5.41, 5.74) is 0.639. The molecule has 0 saturated heterocycles. The quantitative estimate of drug-likeness (QED) is 0.232. The molecular formula is C29H22F3N3O4. The highest BCUT2D eigenvalue weighted by atomic mass is 19.4. The Morgan fingerprint density at radius 1 is 0.795 bits per heavy atom. The fraction of sp³-hybridized carbons (Fsp3) is 0.103. The van der Waals surface area contributed by atoms with E-state index in [1.54, 1.807) is 56.8 Å². The molecule has 10 heteroatoms. The van der Waals surface area contributed by atoms with E-state index in [9.17, 15) is 18.0 Å². The lowest BCUT2D eigenvalue weighted by atomic mass is 10.1. The number of urea groups is 1. The highest BCUT2D eigenvalue weighted by molar-refractivity contribution is 6.06. The molecule has 0 saturated carbocycles. The van der Waals surface area contributed by atoms with Crippen LogP contribution in [0.3, 0.4) is 0 Å². The van der Waals surface area contributed by atoms with Crippen molar-refractivity contribution in [3.8, 4) is 23.0 Å². The van der Waals surface area contributed by atoms with Gasteiger partial charge in [0, 0.05) is 28.7 Å². The summed E-state index contributed by atoms with van der Waals surface area (Å²) in [6.07, 6.45) is -2.81. The van der Waals surface area contributed by atoms with Gasteiger partial charge < -0.3 is 24.8 Å². The maximum Gasteiger partial charge on any atom is 0.416 e. The van der Waals surface area contributed by atoms with Crippen LogP contribution in [0.25, 0.3) is 21.7 Å². The number of hydrogen-bond donors (Lipinski definition) is 2. The highest BCUT2D eigenvalue weighted by Crippen LogP contribution is 2.38. The van der Waals surface area contributed by atoms with Gasteiger partial charge in [0.25, 0.3) is 0 Å². The van der Waals surface area contributed by atoms with Crippen molar-refractivity contribution in [3.05, 3.63) is 90.6 Å². The van der Waals surface area contributed by atoms with E-state index in [0.29, 0.717) is 34.2 Å². The smallest absolute Gasteiger partial charge is 0.416 e. The van der Waals surface area contributed by atoms with Crippen molar-refractivity contribution >= 4 is 39.1 Å². The molecule has 5 rings (SSSR count). The van der Waals surface area contributed by atoms with Crippen molar-refractivity contribution in [3.63, 3.8) is 0 Å². The minimum absolute atomic E-state index is 0.232. The number of pyridine rings is 1. The molecule has 0 radical (unpaired) electrons. The van der Waals surface area contributed by atoms with Crippen LogP contribution in [0.4, 0.5) is 29.3 Å². The van der Waals surface area contributed by atoms with Gasteiger partial charge in [-0.2, -0.15) is 13.2 Å². The summed E-state index contributed by atoms with van der Waals surface area (Å²) < 4.78 is 55.3. The number of halogens is 3. The van der Waals surface area contributed by atoms with Crippen molar-refractivity contribution < 1.29 is 32.2 Å². The monoisotopic (exact) mass is 533 g/mol. The molecule has 5 aromatic rings. The van der Waals surface area contributed by atoms with E-state index < -0.39 is 17.8 Å². The van der Waals surface area contributed by atoms with E-state index in [1.807, 2.05) is 18.2 Å². The van der Waals surface area contributed by atoms with Gasteiger partial charge in [-0.3, -0.25) is 4.98 Å². The first kappa shape index (κ1) is 25.7. The van der Waals surface area contributed by atoms with E-state index in [4.69, 9.17) is 14.2 Å². The number of amides is 2. The molecule has 0 aliphatic rings. The van der Waals surface area contributed by atoms with Crippen LogP contribution in [0, 0.1) is 0 Å². The van der Waals surface area contributed by atoms with E-state index in [2.05, 4.69) is 15.6 Å². The number of carbonyl (C=O) groups is 1. The lowest BCUT2D eigenvalue weighted by Crippen LogP contribution is -2.19. The molecule has 2 N–H and O–H groups in total. The minimum Gasteiger partial charge on any atom is -0.493 e. The van der Waals surface area contributed by atoms with Gasteiger partial charge in [-0.15, -0.1) is 0 Å². The summed E-state index contributed by atoms with van der Waals surface area (Å²) in [5.74, 6) is 2.25. The first-order chi connectivity index (χ1) is 18.7. The topological polar surface area (TPSA) is 81.7 Å². The van der Waals surface area contributed by atoms with E-state index in [1.165, 1.54) is 12.1 Å². The molecule has 2 amide bonds. The largest absolute Gasteiger partial charge is 0.493 e. The Bertz CT molecular complexity index is 1670. The SMILES string of the molecule is COc1cc2nccc(Oc3ccc4c(NC(=O)Nc5ccc(C(F)(F)F)cc5)cccc4c3)c2cc1OC. The number of hydrogen-bond acceptors (Lipinski definition) is 5. The zero-order chi connectivity index (χ0) is 27.6. The number of alkyl halides is 3. The second-order valence-corrected chi connectivity index (χ2v) is 8.48. The number of methoxy groups -OCH3 is 2. The standard InChI is InChI=1S/C29H22F3N3O4/c1-37-26-15-22-24(16-27(26)38-2)33-13-12-25(22)39-20-10-11-21-17(14-20)4-3-5-23(21)35-28(36)34-19-8-6-18(7-9-19)29(30,31)32/h3-16H,1-2H3,(H2,34,35,36). The third kappa shape index (κ3) is 5.49. The van der Waals surface area contributed by atoms with Crippen molar-refractivity contribution in [2.75, 3.05) is 24.9 Å². The number of nitrogens with zero attached hydrogens (tertiary/aromatic N) is 1. The summed E-state index contributed by atoms with van der Waals surface area (Å²) in [6, 6.07) is 19.8. The molecule has 0 spiro atoms. The Morgan fingerprint density at radius 3 is 2.26 bits per heavy atom. The Hall–Kier alpha value is -4.99. The second-order valence-electron chi connectivity index (χ2n) is 8.48. The molecule has 0 bridgehead atoms. The molecule has 4 aromatic carbocycles. The summed E-state index contributed by atoms with van der Waals surface area (Å²) in [5, 5.41) is 7.59. The zero-order valence-corrected chi connectivity index (χ0v) is 20.8. The first-order valence-electron chi connectivity index (χ1n) is 11.7. The predicted molar refractivity (Wildman–Crippen MR) is 143 cm³/mol. The molecule has 39 heavy (non-hydrogen) atoms. The van der Waals surface area contributed by atoms with Crippen LogP contribution >= 0.6 is 0 Å². The van der Waals surface area contributed by atoms with Gasteiger partial charge in [-0.05, 0) is 66.0 Å². The maximum absolute atomic E-state index is 12.8. The molecule has 7 nitrogen and oxygen atoms in total. The van der Waals surface area contributed by atoms with Crippen LogP contribution in [0.15, 0.2) is 85.1 Å². The van der Waals surface area contributed by atoms with E-state index in [0.717, 1.165) is 28.3 Å². The number of aromatic nitrogens is 1. The number of rotatable bonds is 6. The Kier molecular flexibility index (Phi) is 6.84. The molecular weight excluding hydrogens is 511 g/mol. The van der Waals surface area contributed by atoms with Gasteiger partial charge in [0.15, 0.2) is 11.5 Å². The molecule has 0 aliphatic heterocycles.